The molecule has 0 aliphatic rings. The van der Waals surface area contributed by atoms with Gasteiger partial charge in [-0.15, -0.1) is 0 Å². The first-order chi connectivity index (χ1) is 6.19. The summed E-state index contributed by atoms with van der Waals surface area (Å²) in [6.07, 6.45) is -0.618. The second kappa shape index (κ2) is 3.99. The van der Waals surface area contributed by atoms with Gasteiger partial charge in [0.1, 0.15) is 18.1 Å². The predicted molar refractivity (Wildman–Crippen MR) is 45.1 cm³/mol. The number of nitrogens with two attached hydrogens (primary N) is 1. The lowest BCUT2D eigenvalue weighted by molar-refractivity contribution is 0.109. The minimum absolute atomic E-state index is 0.0231. The van der Waals surface area contributed by atoms with E-state index in [0.29, 0.717) is 5.56 Å². The van der Waals surface area contributed by atoms with E-state index in [9.17, 15) is 4.39 Å². The van der Waals surface area contributed by atoms with Gasteiger partial charge in [0.05, 0.1) is 5.56 Å². The Morgan fingerprint density at radius 2 is 2.31 bits per heavy atom. The maximum atomic E-state index is 12.8. The first kappa shape index (κ1) is 9.65. The highest BCUT2D eigenvalue weighted by molar-refractivity contribution is 5.35. The van der Waals surface area contributed by atoms with Crippen molar-refractivity contribution < 1.29 is 9.13 Å². The van der Waals surface area contributed by atoms with Crippen molar-refractivity contribution in [3.05, 3.63) is 35.1 Å². The lowest BCUT2D eigenvalue weighted by Crippen LogP contribution is -2.12. The molecule has 0 spiro atoms. The summed E-state index contributed by atoms with van der Waals surface area (Å²) in [5, 5.41) is 8.53. The first-order valence-corrected chi connectivity index (χ1v) is 3.67. The van der Waals surface area contributed by atoms with Crippen LogP contribution >= 0.6 is 0 Å². The van der Waals surface area contributed by atoms with Crippen molar-refractivity contribution in [1.29, 1.82) is 5.26 Å². The minimum Gasteiger partial charge on any atom is -0.363 e. The topological polar surface area (TPSA) is 59.0 Å². The van der Waals surface area contributed by atoms with Crippen LogP contribution in [-0.2, 0) is 4.74 Å². The molecule has 68 valence electrons. The lowest BCUT2D eigenvalue weighted by Gasteiger charge is -2.09. The Balaban J connectivity index is 3.08. The van der Waals surface area contributed by atoms with Crippen molar-refractivity contribution in [3.8, 4) is 6.07 Å². The van der Waals surface area contributed by atoms with E-state index in [-0.39, 0.29) is 5.56 Å². The Bertz CT molecular complexity index is 346. The first-order valence-electron chi connectivity index (χ1n) is 3.67. The number of methoxy groups -OCH3 is 1. The molecule has 13 heavy (non-hydrogen) atoms. The highest BCUT2D eigenvalue weighted by atomic mass is 19.1. The number of nitrogens with zero attached hydrogens (tertiary/aromatic N) is 1. The quantitative estimate of drug-likeness (QED) is 0.698. The summed E-state index contributed by atoms with van der Waals surface area (Å²) in [6, 6.07) is 5.80. The minimum atomic E-state index is -0.618. The molecule has 0 aliphatic carbocycles. The number of hydrogen-bond donors (Lipinski definition) is 1. The van der Waals surface area contributed by atoms with Crippen LogP contribution in [0.2, 0.25) is 0 Å². The fraction of sp³-hybridized carbons (Fsp3) is 0.222. The van der Waals surface area contributed by atoms with E-state index in [1.54, 1.807) is 6.07 Å². The van der Waals surface area contributed by atoms with Gasteiger partial charge < -0.3 is 10.5 Å². The molecule has 0 saturated heterocycles. The van der Waals surface area contributed by atoms with Crippen LogP contribution in [0.4, 0.5) is 4.39 Å². The Hall–Kier alpha value is -1.44. The number of hydrogen-bond acceptors (Lipinski definition) is 3. The van der Waals surface area contributed by atoms with E-state index in [2.05, 4.69) is 0 Å². The standard InChI is InChI=1S/C9H9FN2O/c1-13-9(12)6-2-3-8(10)7(4-6)5-11/h2-4,9H,12H2,1H3. The Kier molecular flexibility index (Phi) is 2.96. The van der Waals surface area contributed by atoms with Crippen LogP contribution in [0, 0.1) is 17.1 Å². The van der Waals surface area contributed by atoms with E-state index in [1.807, 2.05) is 0 Å². The van der Waals surface area contributed by atoms with E-state index in [0.717, 1.165) is 0 Å². The molecule has 0 radical (unpaired) electrons. The number of benzene rings is 1. The average molecular weight is 180 g/mol. The van der Waals surface area contributed by atoms with Crippen molar-refractivity contribution in [3.63, 3.8) is 0 Å². The predicted octanol–water partition coefficient (Wildman–Crippen LogP) is 1.30. The summed E-state index contributed by atoms with van der Waals surface area (Å²) < 4.78 is 17.7. The molecule has 3 nitrogen and oxygen atoms in total. The van der Waals surface area contributed by atoms with Crippen molar-refractivity contribution in [1.82, 2.24) is 0 Å². The van der Waals surface area contributed by atoms with Gasteiger partial charge in [0.2, 0.25) is 0 Å². The zero-order valence-corrected chi connectivity index (χ0v) is 7.12. The normalized spacial score (nSPS) is 12.2. The van der Waals surface area contributed by atoms with Gasteiger partial charge >= 0.3 is 0 Å². The molecular formula is C9H9FN2O. The molecule has 0 aromatic heterocycles. The molecule has 1 aromatic carbocycles. The van der Waals surface area contributed by atoms with Crippen molar-refractivity contribution in [2.75, 3.05) is 7.11 Å². The molecule has 2 N–H and O–H groups in total. The molecule has 1 aromatic rings. The van der Waals surface area contributed by atoms with Crippen LogP contribution in [-0.4, -0.2) is 7.11 Å². The van der Waals surface area contributed by atoms with Gasteiger partial charge in [-0.2, -0.15) is 5.26 Å². The molecule has 0 bridgehead atoms. The third-order valence-electron chi connectivity index (χ3n) is 1.69. The van der Waals surface area contributed by atoms with Crippen LogP contribution in [0.25, 0.3) is 0 Å². The Morgan fingerprint density at radius 3 is 2.85 bits per heavy atom. The third-order valence-corrected chi connectivity index (χ3v) is 1.69. The Morgan fingerprint density at radius 1 is 1.62 bits per heavy atom. The van der Waals surface area contributed by atoms with E-state index < -0.39 is 12.0 Å². The monoisotopic (exact) mass is 180 g/mol. The number of rotatable bonds is 2. The zero-order chi connectivity index (χ0) is 9.84. The van der Waals surface area contributed by atoms with E-state index >= 15 is 0 Å². The van der Waals surface area contributed by atoms with E-state index in [1.165, 1.54) is 25.3 Å². The van der Waals surface area contributed by atoms with Crippen LogP contribution < -0.4 is 5.73 Å². The highest BCUT2D eigenvalue weighted by Gasteiger charge is 2.07. The molecule has 1 rings (SSSR count). The maximum absolute atomic E-state index is 12.8. The highest BCUT2D eigenvalue weighted by Crippen LogP contribution is 2.15. The number of nitriles is 1. The second-order valence-corrected chi connectivity index (χ2v) is 2.51. The van der Waals surface area contributed by atoms with Gasteiger partial charge in [-0.25, -0.2) is 4.39 Å². The summed E-state index contributed by atoms with van der Waals surface area (Å²) in [7, 11) is 1.44. The molecule has 4 heteroatoms. The van der Waals surface area contributed by atoms with Gasteiger partial charge in [0.15, 0.2) is 0 Å². The van der Waals surface area contributed by atoms with Gasteiger partial charge in [0.25, 0.3) is 0 Å². The van der Waals surface area contributed by atoms with Crippen molar-refractivity contribution in [2.45, 2.75) is 6.23 Å². The smallest absolute Gasteiger partial charge is 0.140 e. The van der Waals surface area contributed by atoms with Crippen LogP contribution in [0.5, 0.6) is 0 Å². The summed E-state index contributed by atoms with van der Waals surface area (Å²) in [5.41, 5.74) is 6.07. The number of halogens is 1. The van der Waals surface area contributed by atoms with Gasteiger partial charge in [-0.05, 0) is 17.7 Å². The number of ether oxygens (including phenoxy) is 1. The SMILES string of the molecule is COC(N)c1ccc(F)c(C#N)c1. The van der Waals surface area contributed by atoms with Gasteiger partial charge in [-0.3, -0.25) is 0 Å². The third kappa shape index (κ3) is 2.02. The molecule has 0 amide bonds. The van der Waals surface area contributed by atoms with Gasteiger partial charge in [-0.1, -0.05) is 6.07 Å². The van der Waals surface area contributed by atoms with Crippen LogP contribution in [0.15, 0.2) is 18.2 Å². The van der Waals surface area contributed by atoms with E-state index in [4.69, 9.17) is 15.7 Å². The zero-order valence-electron chi connectivity index (χ0n) is 7.12. The average Bonchev–Trinajstić information content (AvgIpc) is 2.17. The molecule has 0 fully saturated rings. The summed E-state index contributed by atoms with van der Waals surface area (Å²) in [4.78, 5) is 0. The molecular weight excluding hydrogens is 171 g/mol. The Labute approximate surface area is 75.5 Å². The summed E-state index contributed by atoms with van der Waals surface area (Å²) in [5.74, 6) is -0.547. The lowest BCUT2D eigenvalue weighted by atomic mass is 10.1. The van der Waals surface area contributed by atoms with Crippen molar-refractivity contribution >= 4 is 0 Å². The van der Waals surface area contributed by atoms with Gasteiger partial charge in [0, 0.05) is 7.11 Å². The molecule has 0 heterocycles. The fourth-order valence-electron chi connectivity index (χ4n) is 0.942. The van der Waals surface area contributed by atoms with Crippen LogP contribution in [0.1, 0.15) is 17.4 Å². The van der Waals surface area contributed by atoms with Crippen molar-refractivity contribution in [2.24, 2.45) is 5.73 Å². The maximum Gasteiger partial charge on any atom is 0.140 e. The molecule has 0 saturated carbocycles. The molecule has 1 atom stereocenters. The largest absolute Gasteiger partial charge is 0.363 e. The fourth-order valence-corrected chi connectivity index (χ4v) is 0.942. The molecule has 0 aliphatic heterocycles. The molecule has 1 unspecified atom stereocenters. The summed E-state index contributed by atoms with van der Waals surface area (Å²) >= 11 is 0. The summed E-state index contributed by atoms with van der Waals surface area (Å²) in [6.45, 7) is 0. The van der Waals surface area contributed by atoms with Crippen LogP contribution in [0.3, 0.4) is 0 Å². The second-order valence-electron chi connectivity index (χ2n) is 2.51.